The first kappa shape index (κ1) is 9.40. The molecule has 0 aliphatic carbocycles. The van der Waals surface area contributed by atoms with Crippen molar-refractivity contribution < 1.29 is 4.74 Å². The summed E-state index contributed by atoms with van der Waals surface area (Å²) >= 11 is 0. The summed E-state index contributed by atoms with van der Waals surface area (Å²) in [4.78, 5) is 4.88. The van der Waals surface area contributed by atoms with Crippen LogP contribution in [0.15, 0.2) is 0 Å². The van der Waals surface area contributed by atoms with Gasteiger partial charge in [0.25, 0.3) is 0 Å². The largest absolute Gasteiger partial charge is 0.379 e. The summed E-state index contributed by atoms with van der Waals surface area (Å²) in [5.74, 6) is 0. The third kappa shape index (κ3) is 2.64. The zero-order valence-corrected chi connectivity index (χ0v) is 8.11. The zero-order chi connectivity index (χ0) is 9.10. The average molecular weight is 185 g/mol. The van der Waals surface area contributed by atoms with Crippen molar-refractivity contribution in [1.82, 2.24) is 9.80 Å². The van der Waals surface area contributed by atoms with Gasteiger partial charge in [-0.25, -0.2) is 0 Å². The molecule has 0 atom stereocenters. The smallest absolute Gasteiger partial charge is 0.0594 e. The van der Waals surface area contributed by atoms with Gasteiger partial charge in [-0.2, -0.15) is 0 Å². The molecule has 4 nitrogen and oxygen atoms in total. The van der Waals surface area contributed by atoms with Crippen LogP contribution in [0.1, 0.15) is 0 Å². The van der Waals surface area contributed by atoms with Gasteiger partial charge in [0, 0.05) is 45.3 Å². The number of morpholine rings is 1. The van der Waals surface area contributed by atoms with Gasteiger partial charge in [-0.05, 0) is 0 Å². The van der Waals surface area contributed by atoms with Gasteiger partial charge in [-0.3, -0.25) is 9.80 Å². The molecule has 2 aliphatic rings. The highest BCUT2D eigenvalue weighted by Crippen LogP contribution is 2.05. The summed E-state index contributed by atoms with van der Waals surface area (Å²) in [6.45, 7) is 8.53. The van der Waals surface area contributed by atoms with Gasteiger partial charge < -0.3 is 10.5 Å². The summed E-state index contributed by atoms with van der Waals surface area (Å²) in [7, 11) is 0. The van der Waals surface area contributed by atoms with Crippen molar-refractivity contribution in [1.29, 1.82) is 0 Å². The van der Waals surface area contributed by atoms with Crippen molar-refractivity contribution in [2.75, 3.05) is 52.5 Å². The van der Waals surface area contributed by atoms with Gasteiger partial charge in [-0.15, -0.1) is 0 Å². The summed E-state index contributed by atoms with van der Waals surface area (Å²) in [6, 6.07) is 0.435. The first-order chi connectivity index (χ1) is 6.34. The molecule has 0 aromatic heterocycles. The van der Waals surface area contributed by atoms with Gasteiger partial charge in [0.2, 0.25) is 0 Å². The second-order valence-corrected chi connectivity index (χ2v) is 3.97. The van der Waals surface area contributed by atoms with Crippen molar-refractivity contribution in [3.63, 3.8) is 0 Å². The van der Waals surface area contributed by atoms with Crippen molar-refractivity contribution in [2.24, 2.45) is 5.73 Å². The van der Waals surface area contributed by atoms with E-state index in [1.807, 2.05) is 0 Å². The lowest BCUT2D eigenvalue weighted by atomic mass is 10.1. The molecule has 0 amide bonds. The lowest BCUT2D eigenvalue weighted by Crippen LogP contribution is -2.57. The molecular formula is C9H19N3O. The molecule has 2 N–H and O–H groups in total. The number of nitrogens with zero attached hydrogens (tertiary/aromatic N) is 2. The molecule has 0 unspecified atom stereocenters. The van der Waals surface area contributed by atoms with E-state index in [-0.39, 0.29) is 0 Å². The quantitative estimate of drug-likeness (QED) is 0.610. The number of ether oxygens (including phenoxy) is 1. The van der Waals surface area contributed by atoms with E-state index in [0.29, 0.717) is 6.04 Å². The molecule has 0 spiro atoms. The molecule has 0 aromatic carbocycles. The maximum atomic E-state index is 5.70. The highest BCUT2D eigenvalue weighted by atomic mass is 16.5. The Morgan fingerprint density at radius 2 is 1.69 bits per heavy atom. The summed E-state index contributed by atoms with van der Waals surface area (Å²) in [6.07, 6.45) is 0. The van der Waals surface area contributed by atoms with Gasteiger partial charge in [-0.1, -0.05) is 0 Å². The predicted molar refractivity (Wildman–Crippen MR) is 51.7 cm³/mol. The molecule has 0 radical (unpaired) electrons. The van der Waals surface area contributed by atoms with E-state index in [1.165, 1.54) is 13.1 Å². The van der Waals surface area contributed by atoms with Crippen molar-refractivity contribution in [3.8, 4) is 0 Å². The molecule has 2 aliphatic heterocycles. The summed E-state index contributed by atoms with van der Waals surface area (Å²) in [5, 5.41) is 0. The Morgan fingerprint density at radius 3 is 2.31 bits per heavy atom. The van der Waals surface area contributed by atoms with Gasteiger partial charge in [0.05, 0.1) is 13.2 Å². The molecule has 2 saturated heterocycles. The SMILES string of the molecule is NC1CN(CCN2CCOCC2)C1. The molecule has 0 aromatic rings. The molecule has 76 valence electrons. The minimum absolute atomic E-state index is 0.435. The standard InChI is InChI=1S/C9H19N3O/c10-9-7-12(8-9)2-1-11-3-5-13-6-4-11/h9H,1-8,10H2. The fourth-order valence-corrected chi connectivity index (χ4v) is 1.90. The second kappa shape index (κ2) is 4.37. The van der Waals surface area contributed by atoms with Crippen LogP contribution in [0.2, 0.25) is 0 Å². The number of nitrogens with two attached hydrogens (primary N) is 1. The number of likely N-dealkylation sites (tertiary alicyclic amines) is 1. The van der Waals surface area contributed by atoms with Crippen LogP contribution in [0.4, 0.5) is 0 Å². The molecular weight excluding hydrogens is 166 g/mol. The normalized spacial score (nSPS) is 27.5. The van der Waals surface area contributed by atoms with Crippen molar-refractivity contribution >= 4 is 0 Å². The summed E-state index contributed by atoms with van der Waals surface area (Å²) < 4.78 is 5.29. The zero-order valence-electron chi connectivity index (χ0n) is 8.11. The Morgan fingerprint density at radius 1 is 1.08 bits per heavy atom. The van der Waals surface area contributed by atoms with Crippen molar-refractivity contribution in [3.05, 3.63) is 0 Å². The molecule has 0 saturated carbocycles. The van der Waals surface area contributed by atoms with Gasteiger partial charge in [0.15, 0.2) is 0 Å². The van der Waals surface area contributed by atoms with E-state index in [2.05, 4.69) is 9.80 Å². The van der Waals surface area contributed by atoms with Crippen LogP contribution in [0, 0.1) is 0 Å². The average Bonchev–Trinajstić information content (AvgIpc) is 2.12. The van der Waals surface area contributed by atoms with Crippen LogP contribution in [0.3, 0.4) is 0 Å². The van der Waals surface area contributed by atoms with Crippen LogP contribution in [-0.4, -0.2) is 68.3 Å². The third-order valence-corrected chi connectivity index (χ3v) is 2.82. The lowest BCUT2D eigenvalue weighted by Gasteiger charge is -2.38. The monoisotopic (exact) mass is 185 g/mol. The Kier molecular flexibility index (Phi) is 3.16. The lowest BCUT2D eigenvalue weighted by molar-refractivity contribution is 0.0280. The van der Waals surface area contributed by atoms with Crippen LogP contribution in [-0.2, 0) is 4.74 Å². The number of hydrogen-bond donors (Lipinski definition) is 1. The first-order valence-corrected chi connectivity index (χ1v) is 5.12. The Bertz CT molecular complexity index is 153. The van der Waals surface area contributed by atoms with Crippen LogP contribution >= 0.6 is 0 Å². The third-order valence-electron chi connectivity index (χ3n) is 2.82. The van der Waals surface area contributed by atoms with Crippen LogP contribution in [0.25, 0.3) is 0 Å². The van der Waals surface area contributed by atoms with E-state index in [4.69, 9.17) is 10.5 Å². The summed E-state index contributed by atoms with van der Waals surface area (Å²) in [5.41, 5.74) is 5.70. The van der Waals surface area contributed by atoms with Gasteiger partial charge >= 0.3 is 0 Å². The number of hydrogen-bond acceptors (Lipinski definition) is 4. The highest BCUT2D eigenvalue weighted by Gasteiger charge is 2.23. The molecule has 13 heavy (non-hydrogen) atoms. The van der Waals surface area contributed by atoms with E-state index in [0.717, 1.165) is 39.4 Å². The van der Waals surface area contributed by atoms with Crippen LogP contribution in [0.5, 0.6) is 0 Å². The molecule has 2 fully saturated rings. The van der Waals surface area contributed by atoms with E-state index in [9.17, 15) is 0 Å². The maximum absolute atomic E-state index is 5.70. The fraction of sp³-hybridized carbons (Fsp3) is 1.00. The van der Waals surface area contributed by atoms with Gasteiger partial charge in [0.1, 0.15) is 0 Å². The fourth-order valence-electron chi connectivity index (χ4n) is 1.90. The predicted octanol–water partition coefficient (Wildman–Crippen LogP) is -1.04. The van der Waals surface area contributed by atoms with Crippen LogP contribution < -0.4 is 5.73 Å². The maximum Gasteiger partial charge on any atom is 0.0594 e. The number of rotatable bonds is 3. The van der Waals surface area contributed by atoms with E-state index >= 15 is 0 Å². The minimum Gasteiger partial charge on any atom is -0.379 e. The molecule has 0 bridgehead atoms. The van der Waals surface area contributed by atoms with E-state index < -0.39 is 0 Å². The topological polar surface area (TPSA) is 41.7 Å². The Hall–Kier alpha value is -0.160. The Labute approximate surface area is 79.6 Å². The molecule has 2 heterocycles. The first-order valence-electron chi connectivity index (χ1n) is 5.12. The van der Waals surface area contributed by atoms with E-state index in [1.54, 1.807) is 0 Å². The molecule has 4 heteroatoms. The molecule has 2 rings (SSSR count). The Balaban J connectivity index is 1.56. The highest BCUT2D eigenvalue weighted by molar-refractivity contribution is 4.83. The minimum atomic E-state index is 0.435. The van der Waals surface area contributed by atoms with Crippen molar-refractivity contribution in [2.45, 2.75) is 6.04 Å². The second-order valence-electron chi connectivity index (χ2n) is 3.97.